The number of hydrogen-bond acceptors (Lipinski definition) is 14. The number of hydrogen-bond donors (Lipinski definition) is 5. The summed E-state index contributed by atoms with van der Waals surface area (Å²) in [5, 5.41) is 23.5. The molecule has 0 aromatic heterocycles. The van der Waals surface area contributed by atoms with E-state index in [1.807, 2.05) is 89.9 Å². The van der Waals surface area contributed by atoms with Crippen molar-refractivity contribution < 1.29 is 47.6 Å². The Morgan fingerprint density at radius 1 is 0.792 bits per heavy atom. The molecule has 9 unspecified atom stereocenters. The number of benzene rings is 2. The number of nitrogens with zero attached hydrogens (tertiary/aromatic N) is 3. The first-order chi connectivity index (χ1) is 34.4. The predicted molar refractivity (Wildman–Crippen MR) is 280 cm³/mol. The lowest BCUT2D eigenvalue weighted by Crippen LogP contribution is -2.60. The summed E-state index contributed by atoms with van der Waals surface area (Å²) in [4.78, 5) is 62.8. The third-order valence-electron chi connectivity index (χ3n) is 13.6. The largest absolute Gasteiger partial charge is 0.423 e. The molecular weight excluding hydrogens is 921 g/mol. The summed E-state index contributed by atoms with van der Waals surface area (Å²) in [5.74, 6) is -2.77. The molecule has 1 fully saturated rings. The van der Waals surface area contributed by atoms with Gasteiger partial charge in [-0.2, -0.15) is 0 Å². The van der Waals surface area contributed by atoms with Gasteiger partial charge in [-0.15, -0.1) is 0 Å². The van der Waals surface area contributed by atoms with Gasteiger partial charge < -0.3 is 54.6 Å². The maximum atomic E-state index is 14.7. The molecule has 0 bridgehead atoms. The highest BCUT2D eigenvalue weighted by Gasteiger charge is 2.43. The Hall–Kier alpha value is -4.82. The van der Waals surface area contributed by atoms with Gasteiger partial charge in [0.05, 0.1) is 82.3 Å². The second kappa shape index (κ2) is 32.4. The number of carbonyl (C=O) groups is 4. The molecule has 0 aliphatic carbocycles. The number of nitrogens with two attached hydrogens (primary N) is 1. The van der Waals surface area contributed by atoms with Crippen molar-refractivity contribution in [3.05, 3.63) is 71.8 Å². The normalized spacial score (nSPS) is 17.2. The average molecular weight is 1010 g/mol. The monoisotopic (exact) mass is 1010 g/mol. The predicted octanol–water partition coefficient (Wildman–Crippen LogP) is 4.76. The zero-order valence-corrected chi connectivity index (χ0v) is 45.0. The third kappa shape index (κ3) is 18.9. The van der Waals surface area contributed by atoms with Crippen LogP contribution in [-0.4, -0.2) is 180 Å². The minimum absolute atomic E-state index is 0.0337. The van der Waals surface area contributed by atoms with E-state index in [0.717, 1.165) is 5.56 Å². The van der Waals surface area contributed by atoms with Crippen molar-refractivity contribution in [1.29, 1.82) is 10.8 Å². The van der Waals surface area contributed by atoms with Crippen LogP contribution in [0.2, 0.25) is 0 Å². The Morgan fingerprint density at radius 3 is 1.94 bits per heavy atom. The summed E-state index contributed by atoms with van der Waals surface area (Å²) < 4.78 is 34.5. The summed E-state index contributed by atoms with van der Waals surface area (Å²) in [6, 6.07) is 15.0. The average Bonchev–Trinajstić information content (AvgIpc) is 3.85. The third-order valence-corrected chi connectivity index (χ3v) is 13.6. The zero-order valence-electron chi connectivity index (χ0n) is 45.0. The van der Waals surface area contributed by atoms with Gasteiger partial charge in [0.2, 0.25) is 35.4 Å². The summed E-state index contributed by atoms with van der Waals surface area (Å²) in [7, 11) is 6.67. The first-order valence-corrected chi connectivity index (χ1v) is 25.7. The number of nitrogens with one attached hydrogen (secondary N) is 4. The van der Waals surface area contributed by atoms with E-state index >= 15 is 0 Å². The first kappa shape index (κ1) is 61.5. The first-order valence-electron chi connectivity index (χ1n) is 25.7. The molecule has 3 rings (SSSR count). The number of ether oxygens (including phenoxy) is 6. The van der Waals surface area contributed by atoms with Crippen LogP contribution in [0.5, 0.6) is 0 Å². The maximum absolute atomic E-state index is 14.7. The minimum Gasteiger partial charge on any atom is -0.423 e. The number of rotatable bonds is 33. The van der Waals surface area contributed by atoms with Gasteiger partial charge in [0.25, 0.3) is 0 Å². The molecule has 18 nitrogen and oxygen atoms in total. The molecule has 1 aliphatic rings. The SMILES string of the molecule is CCC(C)C(C(CC(=O)N1CCCC1C(OC)C(C)C(=O)NC(Cc1ccccc1)C(=N)OC(=N)c1ccccc1)OC)N(C)C(=O)C(NC(=O)C(C(C)C)N(C)CCOCCOCCOCCN)C(C)C. The van der Waals surface area contributed by atoms with E-state index in [9.17, 15) is 19.2 Å². The van der Waals surface area contributed by atoms with Gasteiger partial charge in [-0.3, -0.25) is 34.9 Å². The van der Waals surface area contributed by atoms with Crippen molar-refractivity contribution in [3.63, 3.8) is 0 Å². The van der Waals surface area contributed by atoms with E-state index in [1.54, 1.807) is 55.1 Å². The van der Waals surface area contributed by atoms with Crippen LogP contribution < -0.4 is 16.4 Å². The molecule has 4 amide bonds. The standard InChI is InChI=1S/C54H88N8O10/c1-12-38(6)48(61(9)54(66)46(36(2)3)59-53(65)47(37(4)5)60(8)27-29-70-31-33-71-32-30-69-28-25-55)44(67-10)35-45(63)62-26-19-24-43(62)49(68-11)39(7)52(64)58-42(34-40-20-15-13-16-21-40)51(57)72-50(56)41-22-17-14-18-23-41/h13-18,20-23,36-39,42-44,46-49,56-57H,12,19,24-35,55H2,1-11H3,(H,58,64)(H,59,65). The van der Waals surface area contributed by atoms with Crippen LogP contribution in [0, 0.1) is 34.5 Å². The van der Waals surface area contributed by atoms with Crippen LogP contribution in [0.15, 0.2) is 60.7 Å². The lowest BCUT2D eigenvalue weighted by Gasteiger charge is -2.41. The van der Waals surface area contributed by atoms with Crippen LogP contribution in [0.1, 0.15) is 85.3 Å². The maximum Gasteiger partial charge on any atom is 0.245 e. The van der Waals surface area contributed by atoms with E-state index in [0.29, 0.717) is 84.1 Å². The fraction of sp³-hybridized carbons (Fsp3) is 0.667. The lowest BCUT2D eigenvalue weighted by atomic mass is 9.89. The fourth-order valence-corrected chi connectivity index (χ4v) is 9.45. The van der Waals surface area contributed by atoms with Crippen molar-refractivity contribution in [2.24, 2.45) is 29.4 Å². The number of methoxy groups -OCH3 is 2. The van der Waals surface area contributed by atoms with E-state index in [-0.39, 0.29) is 66.0 Å². The van der Waals surface area contributed by atoms with Crippen molar-refractivity contribution in [3.8, 4) is 0 Å². The Morgan fingerprint density at radius 2 is 1.39 bits per heavy atom. The highest BCUT2D eigenvalue weighted by Crippen LogP contribution is 2.30. The zero-order chi connectivity index (χ0) is 53.3. The smallest absolute Gasteiger partial charge is 0.245 e. The molecule has 0 radical (unpaired) electrons. The molecule has 18 heteroatoms. The number of likely N-dealkylation sites (tertiary alicyclic amines) is 1. The summed E-state index contributed by atoms with van der Waals surface area (Å²) in [6.45, 7) is 17.6. The number of amides is 4. The lowest BCUT2D eigenvalue weighted by molar-refractivity contribution is -0.148. The molecule has 9 atom stereocenters. The van der Waals surface area contributed by atoms with E-state index in [1.165, 1.54) is 7.11 Å². The molecular formula is C54H88N8O10. The number of likely N-dealkylation sites (N-methyl/N-ethyl adjacent to an activating group) is 2. The molecule has 1 aliphatic heterocycles. The van der Waals surface area contributed by atoms with E-state index in [2.05, 4.69) is 10.6 Å². The molecule has 1 saturated heterocycles. The molecule has 1 heterocycles. The fourth-order valence-electron chi connectivity index (χ4n) is 9.45. The quantitative estimate of drug-likeness (QED) is 0.0371. The molecule has 0 spiro atoms. The Balaban J connectivity index is 1.73. The summed E-state index contributed by atoms with van der Waals surface area (Å²) in [6.07, 6.45) is 0.812. The van der Waals surface area contributed by atoms with Gasteiger partial charge in [0, 0.05) is 52.9 Å². The molecule has 6 N–H and O–H groups in total. The van der Waals surface area contributed by atoms with Gasteiger partial charge >= 0.3 is 0 Å². The molecule has 2 aromatic rings. The second-order valence-corrected chi connectivity index (χ2v) is 19.5. The Labute approximate surface area is 429 Å². The van der Waals surface area contributed by atoms with Crippen LogP contribution >= 0.6 is 0 Å². The number of carbonyl (C=O) groups excluding carboxylic acids is 4. The van der Waals surface area contributed by atoms with Crippen LogP contribution in [0.3, 0.4) is 0 Å². The van der Waals surface area contributed by atoms with E-state index < -0.39 is 48.3 Å². The molecule has 0 saturated carbocycles. The van der Waals surface area contributed by atoms with Gasteiger partial charge in [-0.1, -0.05) is 103 Å². The van der Waals surface area contributed by atoms with Gasteiger partial charge in [-0.25, -0.2) is 0 Å². The van der Waals surface area contributed by atoms with Crippen molar-refractivity contribution in [1.82, 2.24) is 25.3 Å². The summed E-state index contributed by atoms with van der Waals surface area (Å²) >= 11 is 0. The van der Waals surface area contributed by atoms with E-state index in [4.69, 9.17) is 45.0 Å². The van der Waals surface area contributed by atoms with Crippen molar-refractivity contribution >= 4 is 35.4 Å². The summed E-state index contributed by atoms with van der Waals surface area (Å²) in [5.41, 5.74) is 6.80. The second-order valence-electron chi connectivity index (χ2n) is 19.5. The van der Waals surface area contributed by atoms with Crippen molar-refractivity contribution in [2.45, 2.75) is 123 Å². The van der Waals surface area contributed by atoms with Gasteiger partial charge in [-0.05, 0) is 55.3 Å². The topological polar surface area (TPSA) is 231 Å². The van der Waals surface area contributed by atoms with Crippen molar-refractivity contribution in [2.75, 3.05) is 87.6 Å². The van der Waals surface area contributed by atoms with Crippen LogP contribution in [0.4, 0.5) is 0 Å². The Bertz CT molecular complexity index is 1940. The van der Waals surface area contributed by atoms with Crippen LogP contribution in [-0.2, 0) is 54.0 Å². The van der Waals surface area contributed by atoms with Gasteiger partial charge in [0.1, 0.15) is 12.1 Å². The molecule has 2 aromatic carbocycles. The highest BCUT2D eigenvalue weighted by molar-refractivity contribution is 6.01. The van der Waals surface area contributed by atoms with Gasteiger partial charge in [0.15, 0.2) is 0 Å². The molecule has 72 heavy (non-hydrogen) atoms. The Kier molecular flexibility index (Phi) is 27.7. The minimum atomic E-state index is -0.897. The molecule has 404 valence electrons. The van der Waals surface area contributed by atoms with Crippen LogP contribution in [0.25, 0.3) is 0 Å². The highest BCUT2D eigenvalue weighted by atomic mass is 16.5.